The fourth-order valence-electron chi connectivity index (χ4n) is 3.05. The van der Waals surface area contributed by atoms with Crippen LogP contribution < -0.4 is 10.1 Å². The van der Waals surface area contributed by atoms with Crippen LogP contribution in [0.1, 0.15) is 31.9 Å². The van der Waals surface area contributed by atoms with E-state index < -0.39 is 15.9 Å². The highest BCUT2D eigenvalue weighted by Gasteiger charge is 2.24. The first-order chi connectivity index (χ1) is 14.8. The van der Waals surface area contributed by atoms with Crippen molar-refractivity contribution >= 4 is 27.0 Å². The van der Waals surface area contributed by atoms with Gasteiger partial charge in [0.25, 0.3) is 0 Å². The first-order valence-electron chi connectivity index (χ1n) is 9.97. The minimum atomic E-state index is -3.86. The van der Waals surface area contributed by atoms with Gasteiger partial charge in [-0.05, 0) is 49.2 Å². The molecule has 0 saturated carbocycles. The van der Waals surface area contributed by atoms with Crippen molar-refractivity contribution in [3.8, 4) is 5.75 Å². The molecule has 1 aromatic heterocycles. The molecule has 1 atom stereocenters. The molecule has 0 aliphatic rings. The summed E-state index contributed by atoms with van der Waals surface area (Å²) in [5.74, 6) is 0.327. The maximum absolute atomic E-state index is 12.9. The highest BCUT2D eigenvalue weighted by molar-refractivity contribution is 7.89. The number of likely N-dealkylation sites (N-methyl/N-ethyl adjacent to an activating group) is 1. The number of hydrogen-bond acceptors (Lipinski definition) is 6. The lowest BCUT2D eigenvalue weighted by atomic mass is 10.2. The van der Waals surface area contributed by atoms with Crippen LogP contribution in [0.4, 0.5) is 0 Å². The van der Waals surface area contributed by atoms with Crippen molar-refractivity contribution in [3.05, 3.63) is 48.0 Å². The van der Waals surface area contributed by atoms with Gasteiger partial charge in [-0.3, -0.25) is 4.79 Å². The van der Waals surface area contributed by atoms with E-state index in [2.05, 4.69) is 15.6 Å². The van der Waals surface area contributed by atoms with Crippen molar-refractivity contribution in [3.63, 3.8) is 0 Å². The first-order valence-corrected chi connectivity index (χ1v) is 11.4. The molecular weight excluding hydrogens is 418 g/mol. The molecule has 1 heterocycles. The van der Waals surface area contributed by atoms with Crippen molar-refractivity contribution in [2.45, 2.75) is 37.8 Å². The topological polar surface area (TPSA) is 106 Å². The van der Waals surface area contributed by atoms with E-state index in [4.69, 9.17) is 4.74 Å². The van der Waals surface area contributed by atoms with E-state index in [1.165, 1.54) is 19.2 Å². The summed E-state index contributed by atoms with van der Waals surface area (Å²) in [6.45, 7) is 4.07. The van der Waals surface area contributed by atoms with Crippen LogP contribution in [-0.4, -0.2) is 54.3 Å². The summed E-state index contributed by atoms with van der Waals surface area (Å²) in [7, 11) is -0.896. The Bertz CT molecular complexity index is 1160. The normalized spacial score (nSPS) is 12.8. The number of amides is 1. The Labute approximate surface area is 182 Å². The van der Waals surface area contributed by atoms with E-state index >= 15 is 0 Å². The predicted octanol–water partition coefficient (Wildman–Crippen LogP) is 2.35. The number of benzene rings is 2. The number of carbonyl (C=O) groups is 1. The molecule has 0 radical (unpaired) electrons. The monoisotopic (exact) mass is 445 g/mol. The van der Waals surface area contributed by atoms with Crippen LogP contribution in [0.5, 0.6) is 5.75 Å². The number of carbonyl (C=O) groups excluding carboxylic acids is 1. The second kappa shape index (κ2) is 9.44. The van der Waals surface area contributed by atoms with E-state index in [0.29, 0.717) is 12.1 Å². The molecule has 31 heavy (non-hydrogen) atoms. The number of methoxy groups -OCH3 is 1. The van der Waals surface area contributed by atoms with Gasteiger partial charge < -0.3 is 10.1 Å². The van der Waals surface area contributed by atoms with Crippen LogP contribution in [0.25, 0.3) is 11.0 Å². The van der Waals surface area contributed by atoms with Crippen LogP contribution in [0.2, 0.25) is 0 Å². The van der Waals surface area contributed by atoms with Crippen LogP contribution in [-0.2, 0) is 21.4 Å². The third kappa shape index (κ3) is 5.02. The van der Waals surface area contributed by atoms with Crippen LogP contribution in [0.15, 0.2) is 47.4 Å². The van der Waals surface area contributed by atoms with Crippen molar-refractivity contribution in [2.24, 2.45) is 0 Å². The standard InChI is InChI=1S/C21H27N5O4S/c1-5-15(2)26-20-11-10-18(12-19(20)23-24-26)31(28,29)25(3)14-21(27)22-13-16-6-8-17(30-4)9-7-16/h6-12,15H,5,13-14H2,1-4H3,(H,22,27). The van der Waals surface area contributed by atoms with Gasteiger partial charge in [-0.15, -0.1) is 5.10 Å². The lowest BCUT2D eigenvalue weighted by molar-refractivity contribution is -0.121. The largest absolute Gasteiger partial charge is 0.497 e. The maximum Gasteiger partial charge on any atom is 0.243 e. The van der Waals surface area contributed by atoms with Gasteiger partial charge in [0.2, 0.25) is 15.9 Å². The van der Waals surface area contributed by atoms with Crippen LogP contribution in [0.3, 0.4) is 0 Å². The molecule has 0 aliphatic heterocycles. The molecule has 10 heteroatoms. The summed E-state index contributed by atoms with van der Waals surface area (Å²) < 4.78 is 33.8. The zero-order chi connectivity index (χ0) is 22.6. The summed E-state index contributed by atoms with van der Waals surface area (Å²) in [6, 6.07) is 12.1. The highest BCUT2D eigenvalue weighted by Crippen LogP contribution is 2.22. The molecule has 3 aromatic rings. The third-order valence-electron chi connectivity index (χ3n) is 5.17. The molecule has 0 aliphatic carbocycles. The third-order valence-corrected chi connectivity index (χ3v) is 6.97. The van der Waals surface area contributed by atoms with Gasteiger partial charge in [0, 0.05) is 13.6 Å². The Hall–Kier alpha value is -2.98. The minimum Gasteiger partial charge on any atom is -0.497 e. The van der Waals surface area contributed by atoms with E-state index in [1.54, 1.807) is 30.0 Å². The number of ether oxygens (including phenoxy) is 1. The Balaban J connectivity index is 1.67. The highest BCUT2D eigenvalue weighted by atomic mass is 32.2. The molecule has 9 nitrogen and oxygen atoms in total. The number of hydrogen-bond donors (Lipinski definition) is 1. The Morgan fingerprint density at radius 2 is 1.94 bits per heavy atom. The van der Waals surface area contributed by atoms with Gasteiger partial charge >= 0.3 is 0 Å². The predicted molar refractivity (Wildman–Crippen MR) is 117 cm³/mol. The molecule has 0 saturated heterocycles. The van der Waals surface area contributed by atoms with Gasteiger partial charge in [-0.25, -0.2) is 13.1 Å². The quantitative estimate of drug-likeness (QED) is 0.542. The van der Waals surface area contributed by atoms with Crippen LogP contribution in [0, 0.1) is 0 Å². The van der Waals surface area contributed by atoms with E-state index in [1.807, 2.05) is 26.0 Å². The van der Waals surface area contributed by atoms with Gasteiger partial charge in [-0.2, -0.15) is 4.31 Å². The second-order valence-electron chi connectivity index (χ2n) is 7.33. The fourth-order valence-corrected chi connectivity index (χ4v) is 4.20. The number of nitrogens with zero attached hydrogens (tertiary/aromatic N) is 4. The van der Waals surface area contributed by atoms with Crippen molar-refractivity contribution in [1.29, 1.82) is 0 Å². The minimum absolute atomic E-state index is 0.0710. The SMILES string of the molecule is CCC(C)n1nnc2cc(S(=O)(=O)N(C)CC(=O)NCc3ccc(OC)cc3)ccc21. The second-order valence-corrected chi connectivity index (χ2v) is 9.37. The molecule has 0 fully saturated rings. The zero-order valence-corrected chi connectivity index (χ0v) is 18.9. The number of fused-ring (bicyclic) bond motifs is 1. The summed E-state index contributed by atoms with van der Waals surface area (Å²) in [5.41, 5.74) is 2.15. The maximum atomic E-state index is 12.9. The molecule has 0 spiro atoms. The number of aromatic nitrogens is 3. The molecule has 1 unspecified atom stereocenters. The average molecular weight is 446 g/mol. The van der Waals surface area contributed by atoms with E-state index in [0.717, 1.165) is 27.6 Å². The fraction of sp³-hybridized carbons (Fsp3) is 0.381. The molecule has 1 amide bonds. The van der Waals surface area contributed by atoms with Crippen molar-refractivity contribution < 1.29 is 17.9 Å². The van der Waals surface area contributed by atoms with Gasteiger partial charge in [0.1, 0.15) is 11.3 Å². The molecule has 0 bridgehead atoms. The average Bonchev–Trinajstić information content (AvgIpc) is 3.20. The lowest BCUT2D eigenvalue weighted by Crippen LogP contribution is -2.38. The molecular formula is C21H27N5O4S. The number of sulfonamides is 1. The van der Waals surface area contributed by atoms with Gasteiger partial charge in [0.15, 0.2) is 0 Å². The summed E-state index contributed by atoms with van der Waals surface area (Å²) in [6.07, 6.45) is 0.882. The first kappa shape index (κ1) is 22.7. The van der Waals surface area contributed by atoms with Gasteiger partial charge in [-0.1, -0.05) is 24.3 Å². The Kier molecular flexibility index (Phi) is 6.91. The Morgan fingerprint density at radius 1 is 1.23 bits per heavy atom. The Morgan fingerprint density at radius 3 is 2.58 bits per heavy atom. The van der Waals surface area contributed by atoms with E-state index in [-0.39, 0.29) is 17.5 Å². The smallest absolute Gasteiger partial charge is 0.243 e. The lowest BCUT2D eigenvalue weighted by Gasteiger charge is -2.17. The van der Waals surface area contributed by atoms with Gasteiger partial charge in [0.05, 0.1) is 30.1 Å². The van der Waals surface area contributed by atoms with E-state index in [9.17, 15) is 13.2 Å². The number of rotatable bonds is 9. The summed E-state index contributed by atoms with van der Waals surface area (Å²) in [4.78, 5) is 12.4. The van der Waals surface area contributed by atoms with Crippen molar-refractivity contribution in [2.75, 3.05) is 20.7 Å². The molecule has 1 N–H and O–H groups in total. The summed E-state index contributed by atoms with van der Waals surface area (Å²) >= 11 is 0. The summed E-state index contributed by atoms with van der Waals surface area (Å²) in [5, 5.41) is 11.0. The number of nitrogens with one attached hydrogen (secondary N) is 1. The van der Waals surface area contributed by atoms with Crippen LogP contribution >= 0.6 is 0 Å². The van der Waals surface area contributed by atoms with Crippen molar-refractivity contribution in [1.82, 2.24) is 24.6 Å². The molecule has 3 rings (SSSR count). The zero-order valence-electron chi connectivity index (χ0n) is 18.1. The molecule has 166 valence electrons. The molecule has 2 aromatic carbocycles.